The Morgan fingerprint density at radius 3 is 2.70 bits per heavy atom. The monoisotopic (exact) mass is 283 g/mol. The Bertz CT molecular complexity index is 517. The van der Waals surface area contributed by atoms with E-state index in [9.17, 15) is 13.9 Å². The van der Waals surface area contributed by atoms with Crippen LogP contribution in [-0.4, -0.2) is 18.3 Å². The highest BCUT2D eigenvalue weighted by molar-refractivity contribution is 5.33. The van der Waals surface area contributed by atoms with Gasteiger partial charge in [-0.3, -0.25) is 0 Å². The number of nitrogens with one attached hydrogen (secondary N) is 1. The van der Waals surface area contributed by atoms with Gasteiger partial charge in [0.2, 0.25) is 0 Å². The summed E-state index contributed by atoms with van der Waals surface area (Å²) >= 11 is 0. The summed E-state index contributed by atoms with van der Waals surface area (Å²) in [6.45, 7) is -2.30. The molecule has 0 spiro atoms. The van der Waals surface area contributed by atoms with E-state index < -0.39 is 12.7 Å². The van der Waals surface area contributed by atoms with Crippen molar-refractivity contribution in [3.8, 4) is 5.75 Å². The molecule has 1 aromatic heterocycles. The predicted octanol–water partition coefficient (Wildman–Crippen LogP) is 2.70. The highest BCUT2D eigenvalue weighted by Crippen LogP contribution is 2.20. The summed E-state index contributed by atoms with van der Waals surface area (Å²) in [5.74, 6) is 0.581. The number of alkyl halides is 2. The molecule has 0 bridgehead atoms. The first-order valence-corrected chi connectivity index (χ1v) is 6.11. The lowest BCUT2D eigenvalue weighted by molar-refractivity contribution is -0.0505. The molecule has 1 atom stereocenters. The first-order valence-electron chi connectivity index (χ1n) is 6.11. The number of hydrogen-bond donors (Lipinski definition) is 2. The van der Waals surface area contributed by atoms with Gasteiger partial charge in [-0.1, -0.05) is 18.2 Å². The Balaban J connectivity index is 1.88. The fourth-order valence-corrected chi connectivity index (χ4v) is 1.79. The molecule has 2 aromatic rings. The van der Waals surface area contributed by atoms with Crippen molar-refractivity contribution in [2.24, 2.45) is 0 Å². The Kier molecular flexibility index (Phi) is 5.09. The number of ether oxygens (including phenoxy) is 1. The van der Waals surface area contributed by atoms with Crippen LogP contribution in [0, 0.1) is 0 Å². The first-order chi connectivity index (χ1) is 9.66. The Morgan fingerprint density at radius 2 is 2.00 bits per heavy atom. The van der Waals surface area contributed by atoms with Crippen LogP contribution in [0.4, 0.5) is 8.78 Å². The van der Waals surface area contributed by atoms with Crippen LogP contribution in [0.2, 0.25) is 0 Å². The van der Waals surface area contributed by atoms with Gasteiger partial charge in [0.1, 0.15) is 17.6 Å². The molecule has 0 aliphatic rings. The first kappa shape index (κ1) is 14.5. The lowest BCUT2D eigenvalue weighted by Crippen LogP contribution is -2.21. The zero-order chi connectivity index (χ0) is 14.4. The minimum absolute atomic E-state index is 0.127. The smallest absolute Gasteiger partial charge is 0.387 e. The molecule has 2 rings (SSSR count). The standard InChI is InChI=1S/C14H15F2NO3/c15-14(16)20-12-5-2-1-4-10(12)8-17-9-11(18)13-6-3-7-19-13/h1-7,11,14,17-18H,8-9H2. The molecule has 0 saturated carbocycles. The van der Waals surface area contributed by atoms with E-state index in [1.807, 2.05) is 0 Å². The predicted molar refractivity (Wildman–Crippen MR) is 68.4 cm³/mol. The maximum absolute atomic E-state index is 12.2. The third kappa shape index (κ3) is 4.04. The Labute approximate surface area is 115 Å². The van der Waals surface area contributed by atoms with Crippen LogP contribution in [0.15, 0.2) is 47.1 Å². The summed E-state index contributed by atoms with van der Waals surface area (Å²) in [6, 6.07) is 9.87. The van der Waals surface area contributed by atoms with Crippen LogP contribution in [0.25, 0.3) is 0 Å². The second-order valence-electron chi connectivity index (χ2n) is 4.15. The second kappa shape index (κ2) is 7.02. The molecule has 0 radical (unpaired) electrons. The van der Waals surface area contributed by atoms with Gasteiger partial charge in [0.25, 0.3) is 0 Å². The van der Waals surface area contributed by atoms with Gasteiger partial charge in [-0.2, -0.15) is 8.78 Å². The molecule has 2 N–H and O–H groups in total. The van der Waals surface area contributed by atoms with E-state index in [4.69, 9.17) is 4.42 Å². The summed E-state index contributed by atoms with van der Waals surface area (Å²) in [5.41, 5.74) is 0.597. The molecule has 1 aromatic carbocycles. The van der Waals surface area contributed by atoms with Crippen LogP contribution in [0.1, 0.15) is 17.4 Å². The molecule has 0 aliphatic heterocycles. The van der Waals surface area contributed by atoms with Crippen LogP contribution in [0.5, 0.6) is 5.75 Å². The summed E-state index contributed by atoms with van der Waals surface area (Å²) in [4.78, 5) is 0. The Hall–Kier alpha value is -1.92. The highest BCUT2D eigenvalue weighted by Gasteiger charge is 2.11. The maximum Gasteiger partial charge on any atom is 0.387 e. The van der Waals surface area contributed by atoms with E-state index in [-0.39, 0.29) is 12.3 Å². The largest absolute Gasteiger partial charge is 0.467 e. The average Bonchev–Trinajstić information content (AvgIpc) is 2.94. The van der Waals surface area contributed by atoms with Crippen LogP contribution < -0.4 is 10.1 Å². The summed E-state index contributed by atoms with van der Waals surface area (Å²) in [7, 11) is 0. The van der Waals surface area contributed by atoms with Crippen molar-refractivity contribution in [1.29, 1.82) is 0 Å². The molecule has 20 heavy (non-hydrogen) atoms. The van der Waals surface area contributed by atoms with E-state index in [0.717, 1.165) is 0 Å². The van der Waals surface area contributed by atoms with E-state index >= 15 is 0 Å². The van der Waals surface area contributed by atoms with Crippen molar-refractivity contribution in [3.63, 3.8) is 0 Å². The highest BCUT2D eigenvalue weighted by atomic mass is 19.3. The lowest BCUT2D eigenvalue weighted by Gasteiger charge is -2.13. The van der Waals surface area contributed by atoms with Crippen molar-refractivity contribution in [1.82, 2.24) is 5.32 Å². The fourth-order valence-electron chi connectivity index (χ4n) is 1.79. The molecule has 1 heterocycles. The molecule has 0 fully saturated rings. The van der Waals surface area contributed by atoms with Gasteiger partial charge in [-0.25, -0.2) is 0 Å². The zero-order valence-electron chi connectivity index (χ0n) is 10.6. The third-order valence-corrected chi connectivity index (χ3v) is 2.71. The second-order valence-corrected chi connectivity index (χ2v) is 4.15. The number of para-hydroxylation sites is 1. The van der Waals surface area contributed by atoms with Crippen molar-refractivity contribution in [3.05, 3.63) is 54.0 Å². The third-order valence-electron chi connectivity index (χ3n) is 2.71. The van der Waals surface area contributed by atoms with Crippen molar-refractivity contribution < 1.29 is 23.0 Å². The molecule has 108 valence electrons. The molecule has 6 heteroatoms. The van der Waals surface area contributed by atoms with Gasteiger partial charge >= 0.3 is 6.61 Å². The molecule has 0 saturated heterocycles. The normalized spacial score (nSPS) is 12.6. The van der Waals surface area contributed by atoms with Crippen LogP contribution in [-0.2, 0) is 6.54 Å². The number of furan rings is 1. The van der Waals surface area contributed by atoms with Gasteiger partial charge < -0.3 is 19.6 Å². The number of halogens is 2. The molecule has 0 aliphatic carbocycles. The number of hydrogen-bond acceptors (Lipinski definition) is 4. The van der Waals surface area contributed by atoms with Gasteiger partial charge in [0.15, 0.2) is 0 Å². The SMILES string of the molecule is OC(CNCc1ccccc1OC(F)F)c1ccco1. The van der Waals surface area contributed by atoms with E-state index in [1.165, 1.54) is 12.3 Å². The van der Waals surface area contributed by atoms with Gasteiger partial charge in [0.05, 0.1) is 6.26 Å². The number of benzene rings is 1. The van der Waals surface area contributed by atoms with E-state index in [1.54, 1.807) is 30.3 Å². The number of rotatable bonds is 7. The van der Waals surface area contributed by atoms with E-state index in [2.05, 4.69) is 10.1 Å². The maximum atomic E-state index is 12.2. The molecule has 4 nitrogen and oxygen atoms in total. The van der Waals surface area contributed by atoms with Crippen LogP contribution in [0.3, 0.4) is 0 Å². The summed E-state index contributed by atoms with van der Waals surface area (Å²) in [6.07, 6.45) is 0.692. The number of aliphatic hydroxyl groups is 1. The zero-order valence-corrected chi connectivity index (χ0v) is 10.6. The average molecular weight is 283 g/mol. The van der Waals surface area contributed by atoms with Gasteiger partial charge in [-0.05, 0) is 18.2 Å². The van der Waals surface area contributed by atoms with Crippen molar-refractivity contribution in [2.75, 3.05) is 6.54 Å². The molecular weight excluding hydrogens is 268 g/mol. The lowest BCUT2D eigenvalue weighted by atomic mass is 10.2. The molecule has 0 amide bonds. The Morgan fingerprint density at radius 1 is 1.20 bits per heavy atom. The minimum atomic E-state index is -2.86. The topological polar surface area (TPSA) is 54.6 Å². The summed E-state index contributed by atoms with van der Waals surface area (Å²) < 4.78 is 34.0. The van der Waals surface area contributed by atoms with E-state index in [0.29, 0.717) is 17.9 Å². The minimum Gasteiger partial charge on any atom is -0.467 e. The van der Waals surface area contributed by atoms with Crippen molar-refractivity contribution >= 4 is 0 Å². The number of aliphatic hydroxyl groups excluding tert-OH is 1. The quantitative estimate of drug-likeness (QED) is 0.820. The fraction of sp³-hybridized carbons (Fsp3) is 0.286. The van der Waals surface area contributed by atoms with Gasteiger partial charge in [0, 0.05) is 18.7 Å². The molecular formula is C14H15F2NO3. The van der Waals surface area contributed by atoms with Crippen LogP contribution >= 0.6 is 0 Å². The van der Waals surface area contributed by atoms with Crippen molar-refractivity contribution in [2.45, 2.75) is 19.3 Å². The summed E-state index contributed by atoms with van der Waals surface area (Å²) in [5, 5.41) is 12.8. The van der Waals surface area contributed by atoms with Gasteiger partial charge in [-0.15, -0.1) is 0 Å². The molecule has 1 unspecified atom stereocenters.